The van der Waals surface area contributed by atoms with Crippen LogP contribution in [0.5, 0.6) is 0 Å². The number of nitrogens with zero attached hydrogens (tertiary/aromatic N) is 5. The summed E-state index contributed by atoms with van der Waals surface area (Å²) in [5.74, 6) is 2.24. The van der Waals surface area contributed by atoms with Crippen LogP contribution >= 0.6 is 11.3 Å². The van der Waals surface area contributed by atoms with Crippen molar-refractivity contribution in [3.8, 4) is 0 Å². The number of anilines is 1. The van der Waals surface area contributed by atoms with Gasteiger partial charge in [-0.05, 0) is 45.1 Å². The van der Waals surface area contributed by atoms with Crippen LogP contribution in [0.4, 0.5) is 5.82 Å². The third-order valence-corrected chi connectivity index (χ3v) is 7.51. The van der Waals surface area contributed by atoms with Crippen LogP contribution in [0.25, 0.3) is 0 Å². The largest absolute Gasteiger partial charge is 0.352 e. The lowest BCUT2D eigenvalue weighted by Gasteiger charge is -2.34. The Morgan fingerprint density at radius 2 is 1.94 bits per heavy atom. The number of aromatic nitrogens is 3. The summed E-state index contributed by atoms with van der Waals surface area (Å²) in [6, 6.07) is 10.6. The number of thiazole rings is 1. The zero-order valence-electron chi connectivity index (χ0n) is 18.8. The number of hydrogen-bond donors (Lipinski definition) is 0. The number of hydrogen-bond acceptors (Lipinski definition) is 6. The van der Waals surface area contributed by atoms with Gasteiger partial charge in [0.05, 0.1) is 11.2 Å². The van der Waals surface area contributed by atoms with E-state index in [1.165, 1.54) is 22.5 Å². The van der Waals surface area contributed by atoms with Gasteiger partial charge < -0.3 is 9.80 Å². The highest BCUT2D eigenvalue weighted by Crippen LogP contribution is 2.33. The minimum Gasteiger partial charge on any atom is -0.352 e. The summed E-state index contributed by atoms with van der Waals surface area (Å²) >= 11 is 1.43. The van der Waals surface area contributed by atoms with Gasteiger partial charge in [0, 0.05) is 43.4 Å². The summed E-state index contributed by atoms with van der Waals surface area (Å²) in [5, 5.41) is 0. The lowest BCUT2D eigenvalue weighted by molar-refractivity contribution is 0.0708. The third-order valence-electron chi connectivity index (χ3n) is 6.59. The van der Waals surface area contributed by atoms with Crippen molar-refractivity contribution in [2.24, 2.45) is 0 Å². The Morgan fingerprint density at radius 3 is 2.72 bits per heavy atom. The zero-order valence-corrected chi connectivity index (χ0v) is 19.6. The van der Waals surface area contributed by atoms with Gasteiger partial charge in [-0.3, -0.25) is 4.79 Å². The van der Waals surface area contributed by atoms with Crippen molar-refractivity contribution in [2.45, 2.75) is 52.0 Å². The van der Waals surface area contributed by atoms with Crippen LogP contribution in [0.2, 0.25) is 0 Å². The summed E-state index contributed by atoms with van der Waals surface area (Å²) in [6.45, 7) is 7.36. The summed E-state index contributed by atoms with van der Waals surface area (Å²) < 4.78 is 0. The molecule has 0 saturated carbocycles. The molecule has 2 aliphatic heterocycles. The Morgan fingerprint density at radius 1 is 1.09 bits per heavy atom. The fraction of sp³-hybridized carbons (Fsp3) is 0.440. The number of carbonyl (C=O) groups excluding carboxylic acids is 1. The maximum absolute atomic E-state index is 13.1. The molecule has 3 aromatic rings. The van der Waals surface area contributed by atoms with E-state index >= 15 is 0 Å². The molecule has 0 radical (unpaired) electrons. The maximum Gasteiger partial charge on any atom is 0.265 e. The Hall–Kier alpha value is -2.80. The molecule has 1 unspecified atom stereocenters. The molecule has 1 atom stereocenters. The number of carbonyl (C=O) groups is 1. The topological polar surface area (TPSA) is 62.2 Å². The van der Waals surface area contributed by atoms with E-state index in [2.05, 4.69) is 47.1 Å². The van der Waals surface area contributed by atoms with Gasteiger partial charge in [-0.25, -0.2) is 15.0 Å². The molecule has 4 heterocycles. The molecule has 2 aliphatic rings. The predicted molar refractivity (Wildman–Crippen MR) is 127 cm³/mol. The van der Waals surface area contributed by atoms with Crippen LogP contribution < -0.4 is 4.90 Å². The molecular weight excluding hydrogens is 418 g/mol. The van der Waals surface area contributed by atoms with E-state index in [0.717, 1.165) is 73.2 Å². The van der Waals surface area contributed by atoms with Crippen LogP contribution in [0.3, 0.4) is 0 Å². The van der Waals surface area contributed by atoms with E-state index in [1.54, 1.807) is 5.51 Å². The average molecular weight is 448 g/mol. The molecule has 0 bridgehead atoms. The molecule has 1 amide bonds. The van der Waals surface area contributed by atoms with Gasteiger partial charge in [0.2, 0.25) is 0 Å². The van der Waals surface area contributed by atoms with Gasteiger partial charge in [-0.1, -0.05) is 30.3 Å². The van der Waals surface area contributed by atoms with Gasteiger partial charge in [-0.2, -0.15) is 0 Å². The lowest BCUT2D eigenvalue weighted by Crippen LogP contribution is -2.40. The molecule has 1 fully saturated rings. The number of amides is 1. The average Bonchev–Trinajstić information content (AvgIpc) is 3.25. The second-order valence-corrected chi connectivity index (χ2v) is 9.69. The summed E-state index contributed by atoms with van der Waals surface area (Å²) in [7, 11) is 0. The van der Waals surface area contributed by atoms with Crippen molar-refractivity contribution in [3.05, 3.63) is 69.1 Å². The Balaban J connectivity index is 1.40. The number of likely N-dealkylation sites (tertiary alicyclic amines) is 1. The zero-order chi connectivity index (χ0) is 22.1. The van der Waals surface area contributed by atoms with Crippen LogP contribution in [0.15, 0.2) is 35.8 Å². The van der Waals surface area contributed by atoms with E-state index in [1.807, 2.05) is 11.8 Å². The van der Waals surface area contributed by atoms with Crippen molar-refractivity contribution in [2.75, 3.05) is 24.5 Å². The summed E-state index contributed by atoms with van der Waals surface area (Å²) in [6.07, 6.45) is 4.15. The number of rotatable bonds is 4. The highest BCUT2D eigenvalue weighted by Gasteiger charge is 2.30. The van der Waals surface area contributed by atoms with Crippen LogP contribution in [0.1, 0.15) is 63.2 Å². The molecule has 1 saturated heterocycles. The highest BCUT2D eigenvalue weighted by molar-refractivity contribution is 7.11. The molecule has 166 valence electrons. The molecule has 0 spiro atoms. The smallest absolute Gasteiger partial charge is 0.265 e. The first-order valence-electron chi connectivity index (χ1n) is 11.5. The van der Waals surface area contributed by atoms with E-state index in [0.29, 0.717) is 6.54 Å². The van der Waals surface area contributed by atoms with Crippen molar-refractivity contribution >= 4 is 23.1 Å². The fourth-order valence-corrected chi connectivity index (χ4v) is 5.64. The first-order chi connectivity index (χ1) is 15.6. The van der Waals surface area contributed by atoms with Crippen LogP contribution in [-0.2, 0) is 13.0 Å². The molecule has 5 rings (SSSR count). The molecule has 2 aromatic heterocycles. The highest BCUT2D eigenvalue weighted by atomic mass is 32.1. The van der Waals surface area contributed by atoms with Gasteiger partial charge in [0.25, 0.3) is 5.91 Å². The fourth-order valence-electron chi connectivity index (χ4n) is 4.87. The van der Waals surface area contributed by atoms with Crippen molar-refractivity contribution in [3.63, 3.8) is 0 Å². The quantitative estimate of drug-likeness (QED) is 0.588. The summed E-state index contributed by atoms with van der Waals surface area (Å²) in [5.41, 5.74) is 6.23. The molecule has 32 heavy (non-hydrogen) atoms. The van der Waals surface area contributed by atoms with E-state index < -0.39 is 0 Å². The third kappa shape index (κ3) is 4.13. The molecular formula is C25H29N5OS. The van der Waals surface area contributed by atoms with E-state index in [-0.39, 0.29) is 11.8 Å². The van der Waals surface area contributed by atoms with E-state index in [9.17, 15) is 4.79 Å². The van der Waals surface area contributed by atoms with Crippen molar-refractivity contribution in [1.29, 1.82) is 0 Å². The molecule has 1 aromatic carbocycles. The molecule has 7 heteroatoms. The van der Waals surface area contributed by atoms with Gasteiger partial charge in [-0.15, -0.1) is 11.3 Å². The van der Waals surface area contributed by atoms with Crippen molar-refractivity contribution < 1.29 is 4.79 Å². The molecule has 0 aliphatic carbocycles. The monoisotopic (exact) mass is 447 g/mol. The normalized spacial score (nSPS) is 18.5. The molecule has 0 N–H and O–H groups in total. The van der Waals surface area contributed by atoms with Gasteiger partial charge >= 0.3 is 0 Å². The second kappa shape index (κ2) is 8.98. The summed E-state index contributed by atoms with van der Waals surface area (Å²) in [4.78, 5) is 32.5. The first-order valence-corrected chi connectivity index (χ1v) is 12.3. The van der Waals surface area contributed by atoms with E-state index in [4.69, 9.17) is 9.97 Å². The van der Waals surface area contributed by atoms with Crippen molar-refractivity contribution in [1.82, 2.24) is 19.9 Å². The Kier molecular flexibility index (Phi) is 5.91. The van der Waals surface area contributed by atoms with Crippen LogP contribution in [-0.4, -0.2) is 45.4 Å². The predicted octanol–water partition coefficient (Wildman–Crippen LogP) is 4.52. The van der Waals surface area contributed by atoms with Gasteiger partial charge in [0.1, 0.15) is 16.5 Å². The second-order valence-electron chi connectivity index (χ2n) is 8.84. The van der Waals surface area contributed by atoms with Crippen LogP contribution in [0, 0.1) is 13.8 Å². The number of fused-ring (bicyclic) bond motifs is 1. The maximum atomic E-state index is 13.1. The minimum absolute atomic E-state index is 0.0927. The first kappa shape index (κ1) is 21.1. The minimum atomic E-state index is 0.0927. The van der Waals surface area contributed by atoms with Gasteiger partial charge in [0.15, 0.2) is 0 Å². The Labute approximate surface area is 193 Å². The number of piperidine rings is 1. The number of benzene rings is 1. The lowest BCUT2D eigenvalue weighted by atomic mass is 9.95. The standard InChI is InChI=1S/C25H29N5OS/c1-17-21-11-7-12-29(14-19-8-4-3-5-9-19)24(21)28-23(27-17)20-10-6-13-30(15-20)25(31)22-18(2)26-16-32-22/h3-5,8-9,16,20H,6-7,10-15H2,1-2H3. The number of aryl methyl sites for hydroxylation is 2. The molecule has 6 nitrogen and oxygen atoms in total. The Bertz CT molecular complexity index is 1110. The SMILES string of the molecule is Cc1ncsc1C(=O)N1CCCC(c2nc(C)c3c(n2)N(Cc2ccccc2)CCC3)C1.